The largest absolute Gasteiger partial charge is 0.491 e. The molecular formula is C31H28FN3O3. The first-order valence-corrected chi connectivity index (χ1v) is 12.8. The summed E-state index contributed by atoms with van der Waals surface area (Å²) in [4.78, 5) is 20.3. The first kappa shape index (κ1) is 24.1. The minimum absolute atomic E-state index is 0.300. The highest BCUT2D eigenvalue weighted by Gasteiger charge is 2.42. The maximum absolute atomic E-state index is 13.5. The Hall–Kier alpha value is -4.23. The molecule has 1 N–H and O–H groups in total. The lowest BCUT2D eigenvalue weighted by Gasteiger charge is -2.39. The van der Waals surface area contributed by atoms with Gasteiger partial charge in [0.2, 0.25) is 0 Å². The third-order valence-corrected chi connectivity index (χ3v) is 7.30. The van der Waals surface area contributed by atoms with Crippen LogP contribution in [-0.2, 0) is 10.3 Å². The minimum atomic E-state index is -0.890. The van der Waals surface area contributed by atoms with E-state index in [0.717, 1.165) is 43.0 Å². The third kappa shape index (κ3) is 4.61. The number of pyridine rings is 1. The Bertz CT molecular complexity index is 1420. The monoisotopic (exact) mass is 509 g/mol. The maximum atomic E-state index is 13.5. The van der Waals surface area contributed by atoms with Gasteiger partial charge in [0.1, 0.15) is 22.8 Å². The number of ether oxygens (including phenoxy) is 2. The first-order valence-electron chi connectivity index (χ1n) is 12.8. The molecule has 0 unspecified atom stereocenters. The van der Waals surface area contributed by atoms with Crippen molar-refractivity contribution >= 4 is 11.6 Å². The standard InChI is InChI=1S/C31H28FN3O3/c32-26-11-5-24(6-12-26)30(36)34-31(15-19-38-28-2-1-16-33-29(28)31)25-9-3-22(4-10-25)23-7-13-27(14-8-23)35-17-20-37-21-18-35/h1-14,16H,15,17-21H2,(H,34,36)/t31-/m0/s1. The zero-order valence-electron chi connectivity index (χ0n) is 20.9. The lowest BCUT2D eigenvalue weighted by atomic mass is 9.80. The van der Waals surface area contributed by atoms with E-state index in [1.54, 1.807) is 6.20 Å². The van der Waals surface area contributed by atoms with E-state index >= 15 is 0 Å². The van der Waals surface area contributed by atoms with Gasteiger partial charge in [0.05, 0.1) is 19.8 Å². The Morgan fingerprint density at radius 2 is 1.55 bits per heavy atom. The average molecular weight is 510 g/mol. The first-order chi connectivity index (χ1) is 18.6. The fraction of sp³-hybridized carbons (Fsp3) is 0.226. The molecular weight excluding hydrogens is 481 g/mol. The SMILES string of the molecule is O=C(N[C@]1(c2ccc(-c3ccc(N4CCOCC4)cc3)cc2)CCOc2cccnc21)c1ccc(F)cc1. The van der Waals surface area contributed by atoms with Crippen LogP contribution in [0.3, 0.4) is 0 Å². The van der Waals surface area contributed by atoms with Gasteiger partial charge >= 0.3 is 0 Å². The number of carbonyl (C=O) groups excluding carboxylic acids is 1. The van der Waals surface area contributed by atoms with Crippen LogP contribution in [0.1, 0.15) is 28.0 Å². The Morgan fingerprint density at radius 1 is 0.868 bits per heavy atom. The van der Waals surface area contributed by atoms with Crippen LogP contribution in [0.15, 0.2) is 91.1 Å². The van der Waals surface area contributed by atoms with Crippen molar-refractivity contribution in [2.24, 2.45) is 0 Å². The maximum Gasteiger partial charge on any atom is 0.252 e. The van der Waals surface area contributed by atoms with E-state index in [2.05, 4.69) is 51.6 Å². The fourth-order valence-electron chi connectivity index (χ4n) is 5.24. The number of aromatic nitrogens is 1. The van der Waals surface area contributed by atoms with Crippen LogP contribution < -0.4 is 15.0 Å². The van der Waals surface area contributed by atoms with Crippen molar-refractivity contribution in [3.8, 4) is 16.9 Å². The van der Waals surface area contributed by atoms with Gasteiger partial charge in [-0.05, 0) is 65.2 Å². The summed E-state index contributed by atoms with van der Waals surface area (Å²) in [5.41, 5.74) is 4.44. The van der Waals surface area contributed by atoms with Crippen molar-refractivity contribution in [1.29, 1.82) is 0 Å². The third-order valence-electron chi connectivity index (χ3n) is 7.30. The molecule has 1 atom stereocenters. The molecule has 3 heterocycles. The number of rotatable bonds is 5. The summed E-state index contributed by atoms with van der Waals surface area (Å²) >= 11 is 0. The quantitative estimate of drug-likeness (QED) is 0.402. The topological polar surface area (TPSA) is 63.7 Å². The van der Waals surface area contributed by atoms with Gasteiger partial charge in [0.15, 0.2) is 0 Å². The number of hydrogen-bond donors (Lipinski definition) is 1. The van der Waals surface area contributed by atoms with Crippen molar-refractivity contribution in [3.05, 3.63) is 114 Å². The van der Waals surface area contributed by atoms with Crippen LogP contribution in [0.4, 0.5) is 10.1 Å². The zero-order valence-corrected chi connectivity index (χ0v) is 20.9. The number of anilines is 1. The lowest BCUT2D eigenvalue weighted by Crippen LogP contribution is -2.50. The zero-order chi connectivity index (χ0) is 26.0. The van der Waals surface area contributed by atoms with Gasteiger partial charge in [-0.1, -0.05) is 36.4 Å². The minimum Gasteiger partial charge on any atom is -0.491 e. The number of fused-ring (bicyclic) bond motifs is 1. The van der Waals surface area contributed by atoms with Crippen molar-refractivity contribution in [2.75, 3.05) is 37.8 Å². The van der Waals surface area contributed by atoms with E-state index in [1.165, 1.54) is 30.0 Å². The summed E-state index contributed by atoms with van der Waals surface area (Å²) in [6.07, 6.45) is 2.22. The molecule has 0 aliphatic carbocycles. The summed E-state index contributed by atoms with van der Waals surface area (Å²) in [7, 11) is 0. The van der Waals surface area contributed by atoms with Gasteiger partial charge in [-0.15, -0.1) is 0 Å². The van der Waals surface area contributed by atoms with Crippen LogP contribution in [0, 0.1) is 5.82 Å². The normalized spacial score (nSPS) is 18.8. The summed E-state index contributed by atoms with van der Waals surface area (Å²) in [6.45, 7) is 3.74. The highest BCUT2D eigenvalue weighted by molar-refractivity contribution is 5.95. The summed E-state index contributed by atoms with van der Waals surface area (Å²) < 4.78 is 24.8. The molecule has 192 valence electrons. The molecule has 0 radical (unpaired) electrons. The van der Waals surface area contributed by atoms with Gasteiger partial charge in [0, 0.05) is 37.0 Å². The summed E-state index contributed by atoms with van der Waals surface area (Å²) in [5, 5.41) is 3.22. The van der Waals surface area contributed by atoms with Gasteiger partial charge in [-0.3, -0.25) is 9.78 Å². The smallest absolute Gasteiger partial charge is 0.252 e. The van der Waals surface area contributed by atoms with Crippen LogP contribution in [0.5, 0.6) is 5.75 Å². The molecule has 2 aliphatic heterocycles. The Labute approximate surface area is 221 Å². The van der Waals surface area contributed by atoms with E-state index in [1.807, 2.05) is 24.3 Å². The molecule has 6 nitrogen and oxygen atoms in total. The van der Waals surface area contributed by atoms with E-state index in [9.17, 15) is 9.18 Å². The molecule has 0 bridgehead atoms. The van der Waals surface area contributed by atoms with Crippen molar-refractivity contribution < 1.29 is 18.7 Å². The number of benzene rings is 3. The van der Waals surface area contributed by atoms with E-state index in [4.69, 9.17) is 9.47 Å². The molecule has 38 heavy (non-hydrogen) atoms. The van der Waals surface area contributed by atoms with Gasteiger partial charge in [-0.25, -0.2) is 4.39 Å². The summed E-state index contributed by atoms with van der Waals surface area (Å²) in [6, 6.07) is 26.0. The van der Waals surface area contributed by atoms with Gasteiger partial charge < -0.3 is 19.7 Å². The fourth-order valence-corrected chi connectivity index (χ4v) is 5.24. The van der Waals surface area contributed by atoms with Crippen molar-refractivity contribution in [1.82, 2.24) is 10.3 Å². The molecule has 0 spiro atoms. The molecule has 3 aromatic carbocycles. The lowest BCUT2D eigenvalue weighted by molar-refractivity contribution is 0.0883. The Morgan fingerprint density at radius 3 is 2.26 bits per heavy atom. The molecule has 7 heteroatoms. The molecule has 1 saturated heterocycles. The van der Waals surface area contributed by atoms with E-state index in [0.29, 0.717) is 30.0 Å². The van der Waals surface area contributed by atoms with Gasteiger partial charge in [0.25, 0.3) is 5.91 Å². The molecule has 6 rings (SSSR count). The highest BCUT2D eigenvalue weighted by atomic mass is 19.1. The van der Waals surface area contributed by atoms with E-state index in [-0.39, 0.29) is 11.7 Å². The molecule has 4 aromatic rings. The average Bonchev–Trinajstić information content (AvgIpc) is 2.98. The second-order valence-corrected chi connectivity index (χ2v) is 9.54. The van der Waals surface area contributed by atoms with Crippen LogP contribution >= 0.6 is 0 Å². The number of amides is 1. The highest BCUT2D eigenvalue weighted by Crippen LogP contribution is 2.41. The molecule has 1 amide bonds. The van der Waals surface area contributed by atoms with Crippen LogP contribution in [0.25, 0.3) is 11.1 Å². The molecule has 1 fully saturated rings. The predicted molar refractivity (Wildman–Crippen MR) is 144 cm³/mol. The van der Waals surface area contributed by atoms with E-state index < -0.39 is 5.54 Å². The Kier molecular flexibility index (Phi) is 6.52. The summed E-state index contributed by atoms with van der Waals surface area (Å²) in [5.74, 6) is -0.0462. The van der Waals surface area contributed by atoms with Gasteiger partial charge in [-0.2, -0.15) is 0 Å². The number of hydrogen-bond acceptors (Lipinski definition) is 5. The number of halogens is 1. The second-order valence-electron chi connectivity index (χ2n) is 9.54. The second kappa shape index (κ2) is 10.3. The molecule has 1 aromatic heterocycles. The van der Waals surface area contributed by atoms with Crippen LogP contribution in [-0.4, -0.2) is 43.8 Å². The number of carbonyl (C=O) groups is 1. The number of nitrogens with one attached hydrogen (secondary N) is 1. The molecule has 0 saturated carbocycles. The van der Waals surface area contributed by atoms with Crippen LogP contribution in [0.2, 0.25) is 0 Å². The van der Waals surface area contributed by atoms with Crippen molar-refractivity contribution in [2.45, 2.75) is 12.0 Å². The Balaban J connectivity index is 1.32. The molecule has 2 aliphatic rings. The number of nitrogens with zero attached hydrogens (tertiary/aromatic N) is 2. The van der Waals surface area contributed by atoms with Crippen molar-refractivity contribution in [3.63, 3.8) is 0 Å². The predicted octanol–water partition coefficient (Wildman–Crippen LogP) is 5.18. The number of morpholine rings is 1.